The Bertz CT molecular complexity index is 880. The molecule has 0 bridgehead atoms. The van der Waals surface area contributed by atoms with Crippen molar-refractivity contribution >= 4 is 23.4 Å². The van der Waals surface area contributed by atoms with Crippen molar-refractivity contribution in [3.8, 4) is 11.4 Å². The fraction of sp³-hybridized carbons (Fsp3) is 0.300. The molecule has 0 aliphatic heterocycles. The van der Waals surface area contributed by atoms with Crippen molar-refractivity contribution < 1.29 is 4.79 Å². The number of nitrogens with zero attached hydrogens (tertiary/aromatic N) is 4. The van der Waals surface area contributed by atoms with E-state index in [1.807, 2.05) is 49.4 Å². The lowest BCUT2D eigenvalue weighted by Gasteiger charge is -2.15. The summed E-state index contributed by atoms with van der Waals surface area (Å²) in [6.45, 7) is 6.95. The second-order valence-corrected chi connectivity index (χ2v) is 7.97. The number of anilines is 1. The molecule has 0 spiro atoms. The Labute approximate surface area is 163 Å². The number of hydrogen-bond donors (Lipinski definition) is 1. The number of rotatable bonds is 7. The molecule has 1 N–H and O–H groups in total. The van der Waals surface area contributed by atoms with Gasteiger partial charge in [-0.25, -0.2) is 0 Å². The summed E-state index contributed by atoms with van der Waals surface area (Å²) in [6, 6.07) is 13.3. The number of para-hydroxylation sites is 1. The second kappa shape index (κ2) is 8.81. The highest BCUT2D eigenvalue weighted by atomic mass is 32.2. The van der Waals surface area contributed by atoms with E-state index in [1.165, 1.54) is 11.8 Å². The minimum atomic E-state index is -0.300. The van der Waals surface area contributed by atoms with Crippen LogP contribution in [0.4, 0.5) is 5.69 Å². The molecule has 7 heteroatoms. The summed E-state index contributed by atoms with van der Waals surface area (Å²) in [6.07, 6.45) is 3.49. The van der Waals surface area contributed by atoms with E-state index < -0.39 is 0 Å². The van der Waals surface area contributed by atoms with Crippen molar-refractivity contribution in [2.75, 3.05) is 5.32 Å². The van der Waals surface area contributed by atoms with Crippen LogP contribution in [0.25, 0.3) is 11.4 Å². The van der Waals surface area contributed by atoms with E-state index in [-0.39, 0.29) is 11.2 Å². The number of hydrogen-bond acceptors (Lipinski definition) is 5. The van der Waals surface area contributed by atoms with E-state index in [9.17, 15) is 4.79 Å². The van der Waals surface area contributed by atoms with E-state index >= 15 is 0 Å². The molecular weight excluding hydrogens is 358 g/mol. The van der Waals surface area contributed by atoms with Crippen LogP contribution in [0.2, 0.25) is 0 Å². The molecule has 6 nitrogen and oxygen atoms in total. The molecule has 2 aromatic heterocycles. The lowest BCUT2D eigenvalue weighted by molar-refractivity contribution is -0.115. The molecule has 27 heavy (non-hydrogen) atoms. The van der Waals surface area contributed by atoms with Gasteiger partial charge in [0.15, 0.2) is 11.0 Å². The standard InChI is InChI=1S/C20H23N5OS/c1-14(2)13-25-18(16-9-11-21-12-10-16)23-24-20(25)27-15(3)19(26)22-17-7-5-4-6-8-17/h4-12,14-15H,13H2,1-3H3,(H,22,26)/t15-/m1/s1. The summed E-state index contributed by atoms with van der Waals surface area (Å²) >= 11 is 1.42. The molecule has 2 heterocycles. The summed E-state index contributed by atoms with van der Waals surface area (Å²) < 4.78 is 2.08. The van der Waals surface area contributed by atoms with Gasteiger partial charge in [-0.3, -0.25) is 9.78 Å². The van der Waals surface area contributed by atoms with Crippen LogP contribution in [0.3, 0.4) is 0 Å². The highest BCUT2D eigenvalue weighted by Gasteiger charge is 2.21. The van der Waals surface area contributed by atoms with Gasteiger partial charge in [0.1, 0.15) is 0 Å². The fourth-order valence-electron chi connectivity index (χ4n) is 2.60. The summed E-state index contributed by atoms with van der Waals surface area (Å²) in [5.74, 6) is 1.16. The number of pyridine rings is 1. The molecule has 140 valence electrons. The van der Waals surface area contributed by atoms with Crippen LogP contribution in [0.1, 0.15) is 20.8 Å². The Morgan fingerprint density at radius 1 is 1.07 bits per heavy atom. The van der Waals surface area contributed by atoms with Crippen molar-refractivity contribution in [1.29, 1.82) is 0 Å². The monoisotopic (exact) mass is 381 g/mol. The Morgan fingerprint density at radius 3 is 2.44 bits per heavy atom. The summed E-state index contributed by atoms with van der Waals surface area (Å²) in [7, 11) is 0. The van der Waals surface area contributed by atoms with Crippen LogP contribution in [0.5, 0.6) is 0 Å². The minimum absolute atomic E-state index is 0.0595. The van der Waals surface area contributed by atoms with Crippen LogP contribution in [-0.2, 0) is 11.3 Å². The molecule has 0 aliphatic carbocycles. The first-order chi connectivity index (χ1) is 13.0. The highest BCUT2D eigenvalue weighted by molar-refractivity contribution is 8.00. The zero-order chi connectivity index (χ0) is 19.2. The predicted octanol–water partition coefficient (Wildman–Crippen LogP) is 4.12. The Kier molecular flexibility index (Phi) is 6.24. The largest absolute Gasteiger partial charge is 0.325 e. The van der Waals surface area contributed by atoms with E-state index in [1.54, 1.807) is 12.4 Å². The molecule has 1 amide bonds. The Hall–Kier alpha value is -2.67. The summed E-state index contributed by atoms with van der Waals surface area (Å²) in [4.78, 5) is 16.6. The molecule has 0 saturated carbocycles. The fourth-order valence-corrected chi connectivity index (χ4v) is 3.46. The van der Waals surface area contributed by atoms with Gasteiger partial charge < -0.3 is 9.88 Å². The lowest BCUT2D eigenvalue weighted by atomic mass is 10.2. The average Bonchev–Trinajstić information content (AvgIpc) is 3.05. The van der Waals surface area contributed by atoms with Crippen molar-refractivity contribution in [2.24, 2.45) is 5.92 Å². The number of amides is 1. The van der Waals surface area contributed by atoms with Gasteiger partial charge in [0.05, 0.1) is 5.25 Å². The molecule has 0 aliphatic rings. The zero-order valence-corrected chi connectivity index (χ0v) is 16.5. The van der Waals surface area contributed by atoms with Crippen molar-refractivity contribution in [2.45, 2.75) is 37.7 Å². The number of carbonyl (C=O) groups is 1. The van der Waals surface area contributed by atoms with Gasteiger partial charge >= 0.3 is 0 Å². The van der Waals surface area contributed by atoms with E-state index in [4.69, 9.17) is 0 Å². The number of nitrogens with one attached hydrogen (secondary N) is 1. The molecule has 3 rings (SSSR count). The molecule has 0 saturated heterocycles. The Morgan fingerprint density at radius 2 is 1.78 bits per heavy atom. The third-order valence-corrected chi connectivity index (χ3v) is 4.98. The van der Waals surface area contributed by atoms with Gasteiger partial charge in [-0.05, 0) is 37.1 Å². The van der Waals surface area contributed by atoms with Crippen LogP contribution in [0, 0.1) is 5.92 Å². The number of carbonyl (C=O) groups excluding carboxylic acids is 1. The smallest absolute Gasteiger partial charge is 0.237 e. The maximum Gasteiger partial charge on any atom is 0.237 e. The van der Waals surface area contributed by atoms with E-state index in [0.717, 1.165) is 28.8 Å². The second-order valence-electron chi connectivity index (χ2n) is 6.66. The molecule has 0 radical (unpaired) electrons. The normalized spacial score (nSPS) is 12.1. The zero-order valence-electron chi connectivity index (χ0n) is 15.7. The highest BCUT2D eigenvalue weighted by Crippen LogP contribution is 2.28. The molecule has 1 aromatic carbocycles. The van der Waals surface area contributed by atoms with Crippen molar-refractivity contribution in [3.63, 3.8) is 0 Å². The molecule has 0 unspecified atom stereocenters. The summed E-state index contributed by atoms with van der Waals surface area (Å²) in [5, 5.41) is 12.1. The van der Waals surface area contributed by atoms with Crippen molar-refractivity contribution in [1.82, 2.24) is 19.7 Å². The number of aromatic nitrogens is 4. The van der Waals surface area contributed by atoms with Gasteiger partial charge in [-0.1, -0.05) is 43.8 Å². The first kappa shape index (κ1) is 19.1. The maximum atomic E-state index is 12.5. The molecule has 0 fully saturated rings. The third-order valence-electron chi connectivity index (χ3n) is 3.90. The number of thioether (sulfide) groups is 1. The van der Waals surface area contributed by atoms with Crippen LogP contribution >= 0.6 is 11.8 Å². The minimum Gasteiger partial charge on any atom is -0.325 e. The van der Waals surface area contributed by atoms with Crippen LogP contribution < -0.4 is 5.32 Å². The van der Waals surface area contributed by atoms with E-state index in [2.05, 4.69) is 38.9 Å². The summed E-state index contributed by atoms with van der Waals surface area (Å²) in [5.41, 5.74) is 1.75. The quantitative estimate of drug-likeness (QED) is 0.623. The SMILES string of the molecule is CC(C)Cn1c(S[C@H](C)C(=O)Nc2ccccc2)nnc1-c1ccncc1. The molecule has 3 aromatic rings. The number of benzene rings is 1. The van der Waals surface area contributed by atoms with Crippen molar-refractivity contribution in [3.05, 3.63) is 54.9 Å². The van der Waals surface area contributed by atoms with Gasteiger partial charge in [-0.15, -0.1) is 10.2 Å². The van der Waals surface area contributed by atoms with E-state index in [0.29, 0.717) is 5.92 Å². The topological polar surface area (TPSA) is 72.7 Å². The van der Waals surface area contributed by atoms with Gasteiger partial charge in [0.2, 0.25) is 5.91 Å². The van der Waals surface area contributed by atoms with Gasteiger partial charge in [-0.2, -0.15) is 0 Å². The third kappa shape index (κ3) is 4.95. The van der Waals surface area contributed by atoms with Crippen LogP contribution in [-0.4, -0.2) is 30.9 Å². The first-order valence-electron chi connectivity index (χ1n) is 8.90. The lowest BCUT2D eigenvalue weighted by Crippen LogP contribution is -2.23. The first-order valence-corrected chi connectivity index (χ1v) is 9.78. The van der Waals surface area contributed by atoms with Crippen LogP contribution in [0.15, 0.2) is 60.0 Å². The van der Waals surface area contributed by atoms with Gasteiger partial charge in [0.25, 0.3) is 0 Å². The Balaban J connectivity index is 1.79. The molecule has 1 atom stereocenters. The maximum absolute atomic E-state index is 12.5. The molecular formula is C20H23N5OS. The average molecular weight is 382 g/mol. The predicted molar refractivity (Wildman–Crippen MR) is 108 cm³/mol. The van der Waals surface area contributed by atoms with Gasteiger partial charge in [0, 0.05) is 30.2 Å².